The van der Waals surface area contributed by atoms with E-state index in [1.807, 2.05) is 0 Å². The lowest BCUT2D eigenvalue weighted by atomic mass is 9.83. The number of rotatable bonds is 3. The van der Waals surface area contributed by atoms with Crippen molar-refractivity contribution in [1.82, 2.24) is 4.90 Å². The molecule has 2 atom stereocenters. The second kappa shape index (κ2) is 6.27. The molecule has 2 fully saturated rings. The van der Waals surface area contributed by atoms with Crippen LogP contribution in [0.4, 0.5) is 0 Å². The highest BCUT2D eigenvalue weighted by molar-refractivity contribution is 7.99. The molecular formula is C13H26N2S. The highest BCUT2D eigenvalue weighted by Crippen LogP contribution is 2.29. The van der Waals surface area contributed by atoms with E-state index in [1.54, 1.807) is 0 Å². The van der Waals surface area contributed by atoms with Crippen LogP contribution in [0.1, 0.15) is 38.5 Å². The molecule has 1 saturated heterocycles. The summed E-state index contributed by atoms with van der Waals surface area (Å²) in [5.41, 5.74) is 6.41. The predicted octanol–water partition coefficient (Wildman–Crippen LogP) is 2.33. The smallest absolute Gasteiger partial charge is 0.0335 e. The molecule has 0 amide bonds. The predicted molar refractivity (Wildman–Crippen MR) is 72.9 cm³/mol. The highest BCUT2D eigenvalue weighted by Gasteiger charge is 2.27. The fourth-order valence-electron chi connectivity index (χ4n) is 3.12. The molecule has 0 aromatic heterocycles. The molecule has 2 unspecified atom stereocenters. The van der Waals surface area contributed by atoms with Crippen LogP contribution in [0.15, 0.2) is 0 Å². The van der Waals surface area contributed by atoms with Gasteiger partial charge in [-0.15, -0.1) is 0 Å². The van der Waals surface area contributed by atoms with E-state index in [0.29, 0.717) is 12.1 Å². The first kappa shape index (κ1) is 12.7. The number of hydrogen-bond donors (Lipinski definition) is 1. The summed E-state index contributed by atoms with van der Waals surface area (Å²) in [4.78, 5) is 2.48. The van der Waals surface area contributed by atoms with Crippen molar-refractivity contribution in [3.63, 3.8) is 0 Å². The normalized spacial score (nSPS) is 31.5. The van der Waals surface area contributed by atoms with Gasteiger partial charge in [-0.25, -0.2) is 0 Å². The van der Waals surface area contributed by atoms with Gasteiger partial charge in [0.05, 0.1) is 0 Å². The highest BCUT2D eigenvalue weighted by atomic mass is 32.2. The van der Waals surface area contributed by atoms with Crippen LogP contribution in [0.3, 0.4) is 0 Å². The van der Waals surface area contributed by atoms with Gasteiger partial charge < -0.3 is 10.6 Å². The lowest BCUT2D eigenvalue weighted by Gasteiger charge is -2.37. The van der Waals surface area contributed by atoms with Crippen molar-refractivity contribution in [2.24, 2.45) is 11.7 Å². The minimum absolute atomic E-state index is 0.404. The van der Waals surface area contributed by atoms with Crippen molar-refractivity contribution in [3.05, 3.63) is 0 Å². The van der Waals surface area contributed by atoms with E-state index in [4.69, 9.17) is 5.73 Å². The van der Waals surface area contributed by atoms with Crippen LogP contribution in [0.25, 0.3) is 0 Å². The van der Waals surface area contributed by atoms with Crippen molar-refractivity contribution in [1.29, 1.82) is 0 Å². The molecule has 0 spiro atoms. The summed E-state index contributed by atoms with van der Waals surface area (Å²) in [5.74, 6) is 3.44. The summed E-state index contributed by atoms with van der Waals surface area (Å²) < 4.78 is 0. The Morgan fingerprint density at radius 3 is 2.75 bits per heavy atom. The molecular weight excluding hydrogens is 216 g/mol. The molecule has 2 nitrogen and oxygen atoms in total. The summed E-state index contributed by atoms with van der Waals surface area (Å²) in [6.07, 6.45) is 8.44. The van der Waals surface area contributed by atoms with Gasteiger partial charge in [-0.1, -0.05) is 32.1 Å². The second-order valence-corrected chi connectivity index (χ2v) is 6.68. The lowest BCUT2D eigenvalue weighted by molar-refractivity contribution is 0.204. The quantitative estimate of drug-likeness (QED) is 0.823. The number of likely N-dealkylation sites (N-methyl/N-ethyl adjacent to an activating group) is 1. The first-order valence-electron chi connectivity index (χ1n) is 6.81. The third-order valence-corrected chi connectivity index (χ3v) is 5.32. The van der Waals surface area contributed by atoms with Gasteiger partial charge >= 0.3 is 0 Å². The van der Waals surface area contributed by atoms with E-state index in [2.05, 4.69) is 23.7 Å². The topological polar surface area (TPSA) is 29.3 Å². The summed E-state index contributed by atoms with van der Waals surface area (Å²) in [6.45, 7) is 1.22. The van der Waals surface area contributed by atoms with E-state index < -0.39 is 0 Å². The van der Waals surface area contributed by atoms with Crippen molar-refractivity contribution >= 4 is 11.8 Å². The molecule has 0 bridgehead atoms. The van der Waals surface area contributed by atoms with E-state index >= 15 is 0 Å². The standard InChI is InChI=1S/C13H26N2S/c1-15-7-8-16-10-13(15)12(14)9-11-5-3-2-4-6-11/h11-13H,2-10,14H2,1H3. The minimum Gasteiger partial charge on any atom is -0.326 e. The molecule has 2 rings (SSSR count). The molecule has 94 valence electrons. The summed E-state index contributed by atoms with van der Waals surface area (Å²) >= 11 is 2.08. The maximum Gasteiger partial charge on any atom is 0.0335 e. The fourth-order valence-corrected chi connectivity index (χ4v) is 4.45. The van der Waals surface area contributed by atoms with Crippen molar-refractivity contribution in [2.75, 3.05) is 25.1 Å². The van der Waals surface area contributed by atoms with Crippen LogP contribution >= 0.6 is 11.8 Å². The van der Waals surface area contributed by atoms with Crippen LogP contribution < -0.4 is 5.73 Å². The molecule has 0 radical (unpaired) electrons. The third-order valence-electron chi connectivity index (χ3n) is 4.27. The van der Waals surface area contributed by atoms with Gasteiger partial charge in [-0.3, -0.25) is 0 Å². The molecule has 1 heterocycles. The van der Waals surface area contributed by atoms with Gasteiger partial charge in [-0.05, 0) is 19.4 Å². The third kappa shape index (κ3) is 3.38. The van der Waals surface area contributed by atoms with Crippen molar-refractivity contribution in [3.8, 4) is 0 Å². The van der Waals surface area contributed by atoms with Crippen molar-refractivity contribution in [2.45, 2.75) is 50.6 Å². The lowest BCUT2D eigenvalue weighted by Crippen LogP contribution is -2.51. The summed E-state index contributed by atoms with van der Waals surface area (Å²) in [5, 5.41) is 0. The molecule has 1 aliphatic carbocycles. The Kier molecular flexibility index (Phi) is 4.98. The first-order chi connectivity index (χ1) is 7.77. The van der Waals surface area contributed by atoms with Crippen LogP contribution in [-0.4, -0.2) is 42.1 Å². The summed E-state index contributed by atoms with van der Waals surface area (Å²) in [7, 11) is 2.24. The Balaban J connectivity index is 1.78. The zero-order valence-corrected chi connectivity index (χ0v) is 11.3. The van der Waals surface area contributed by atoms with Gasteiger partial charge in [0.1, 0.15) is 0 Å². The fraction of sp³-hybridized carbons (Fsp3) is 1.00. The average molecular weight is 242 g/mol. The molecule has 2 aliphatic rings. The van der Waals surface area contributed by atoms with E-state index in [1.165, 1.54) is 56.6 Å². The molecule has 2 N–H and O–H groups in total. The zero-order valence-electron chi connectivity index (χ0n) is 10.5. The second-order valence-electron chi connectivity index (χ2n) is 5.53. The molecule has 3 heteroatoms. The Labute approximate surface area is 104 Å². The van der Waals surface area contributed by atoms with Crippen molar-refractivity contribution < 1.29 is 0 Å². The van der Waals surface area contributed by atoms with E-state index in [9.17, 15) is 0 Å². The Morgan fingerprint density at radius 2 is 2.06 bits per heavy atom. The van der Waals surface area contributed by atoms with Gasteiger partial charge in [0.15, 0.2) is 0 Å². The number of thioether (sulfide) groups is 1. The Hall–Kier alpha value is 0.270. The monoisotopic (exact) mass is 242 g/mol. The minimum atomic E-state index is 0.404. The molecule has 1 saturated carbocycles. The van der Waals surface area contributed by atoms with Gasteiger partial charge in [0.25, 0.3) is 0 Å². The maximum absolute atomic E-state index is 6.41. The first-order valence-corrected chi connectivity index (χ1v) is 7.96. The maximum atomic E-state index is 6.41. The van der Waals surface area contributed by atoms with Crippen LogP contribution in [0, 0.1) is 5.92 Å². The average Bonchev–Trinajstić information content (AvgIpc) is 2.31. The number of hydrogen-bond acceptors (Lipinski definition) is 3. The molecule has 16 heavy (non-hydrogen) atoms. The Bertz CT molecular complexity index is 204. The summed E-state index contributed by atoms with van der Waals surface area (Å²) in [6, 6.07) is 1.03. The molecule has 1 aliphatic heterocycles. The largest absolute Gasteiger partial charge is 0.326 e. The van der Waals surface area contributed by atoms with Crippen LogP contribution in [0.5, 0.6) is 0 Å². The van der Waals surface area contributed by atoms with Crippen LogP contribution in [-0.2, 0) is 0 Å². The zero-order chi connectivity index (χ0) is 11.4. The van der Waals surface area contributed by atoms with Crippen LogP contribution in [0.2, 0.25) is 0 Å². The Morgan fingerprint density at radius 1 is 1.31 bits per heavy atom. The molecule has 0 aromatic rings. The van der Waals surface area contributed by atoms with Gasteiger partial charge in [-0.2, -0.15) is 11.8 Å². The van der Waals surface area contributed by atoms with E-state index in [0.717, 1.165) is 5.92 Å². The number of nitrogens with two attached hydrogens (primary N) is 1. The number of nitrogens with zero attached hydrogens (tertiary/aromatic N) is 1. The SMILES string of the molecule is CN1CCSCC1C(N)CC1CCCCC1. The van der Waals surface area contributed by atoms with E-state index in [-0.39, 0.29) is 0 Å². The van der Waals surface area contributed by atoms with Gasteiger partial charge in [0.2, 0.25) is 0 Å². The van der Waals surface area contributed by atoms with Gasteiger partial charge in [0, 0.05) is 30.1 Å². The molecule has 0 aromatic carbocycles.